The molecule has 0 aliphatic heterocycles. The van der Waals surface area contributed by atoms with E-state index < -0.39 is 0 Å². The van der Waals surface area contributed by atoms with Gasteiger partial charge in [-0.15, -0.1) is 11.3 Å². The lowest BCUT2D eigenvalue weighted by atomic mass is 10.0. The number of fused-ring (bicyclic) bond motifs is 7. The van der Waals surface area contributed by atoms with Gasteiger partial charge in [-0.2, -0.15) is 0 Å². The Hall–Kier alpha value is -6.16. The first-order valence-electron chi connectivity index (χ1n) is 16.7. The molecule has 0 fully saturated rings. The topological polar surface area (TPSA) is 8.17 Å². The molecule has 0 saturated heterocycles. The van der Waals surface area contributed by atoms with Crippen molar-refractivity contribution in [1.29, 1.82) is 0 Å². The molecule has 2 aromatic heterocycles. The van der Waals surface area contributed by atoms with Crippen molar-refractivity contribution in [3.8, 4) is 16.8 Å². The number of aromatic nitrogens is 1. The number of thiophene rings is 1. The van der Waals surface area contributed by atoms with Gasteiger partial charge in [0.1, 0.15) is 0 Å². The van der Waals surface area contributed by atoms with Crippen LogP contribution in [0.3, 0.4) is 0 Å². The number of rotatable bonds is 5. The van der Waals surface area contributed by atoms with E-state index in [1.807, 2.05) is 11.3 Å². The summed E-state index contributed by atoms with van der Waals surface area (Å²) < 4.78 is 5.01. The fourth-order valence-electron chi connectivity index (χ4n) is 7.49. The van der Waals surface area contributed by atoms with E-state index in [4.69, 9.17) is 0 Å². The van der Waals surface area contributed by atoms with Crippen LogP contribution < -0.4 is 4.90 Å². The number of para-hydroxylation sites is 2. The lowest BCUT2D eigenvalue weighted by Crippen LogP contribution is -2.10. The summed E-state index contributed by atoms with van der Waals surface area (Å²) in [5, 5.41) is 7.58. The normalized spacial score (nSPS) is 11.7. The van der Waals surface area contributed by atoms with Crippen molar-refractivity contribution in [3.05, 3.63) is 182 Å². The highest BCUT2D eigenvalue weighted by atomic mass is 32.1. The second-order valence-electron chi connectivity index (χ2n) is 12.6. The van der Waals surface area contributed by atoms with Crippen LogP contribution in [-0.4, -0.2) is 4.57 Å². The average molecular weight is 643 g/mol. The second-order valence-corrected chi connectivity index (χ2v) is 13.7. The molecule has 0 N–H and O–H groups in total. The summed E-state index contributed by atoms with van der Waals surface area (Å²) in [7, 11) is 0. The van der Waals surface area contributed by atoms with Gasteiger partial charge in [0, 0.05) is 53.4 Å². The van der Waals surface area contributed by atoms with Crippen LogP contribution in [0.15, 0.2) is 182 Å². The van der Waals surface area contributed by atoms with Gasteiger partial charge in [-0.3, -0.25) is 0 Å². The molecule has 0 unspecified atom stereocenters. The van der Waals surface area contributed by atoms with Crippen molar-refractivity contribution in [2.24, 2.45) is 0 Å². The minimum absolute atomic E-state index is 1.12. The molecule has 0 spiro atoms. The molecule has 0 atom stereocenters. The Bertz CT molecular complexity index is 2820. The molecular formula is C46H30N2S. The predicted octanol–water partition coefficient (Wildman–Crippen LogP) is 13.4. The van der Waals surface area contributed by atoms with Crippen molar-refractivity contribution in [2.75, 3.05) is 4.90 Å². The van der Waals surface area contributed by atoms with E-state index in [1.54, 1.807) is 0 Å². The van der Waals surface area contributed by atoms with Crippen molar-refractivity contribution in [2.45, 2.75) is 0 Å². The zero-order valence-electron chi connectivity index (χ0n) is 26.6. The smallest absolute Gasteiger partial charge is 0.0547 e. The lowest BCUT2D eigenvalue weighted by Gasteiger charge is -2.27. The zero-order chi connectivity index (χ0) is 32.3. The third kappa shape index (κ3) is 4.55. The molecule has 3 heteroatoms. The highest BCUT2D eigenvalue weighted by Gasteiger charge is 2.18. The molecule has 2 nitrogen and oxygen atoms in total. The number of hydrogen-bond donors (Lipinski definition) is 0. The van der Waals surface area contributed by atoms with E-state index in [-0.39, 0.29) is 0 Å². The number of anilines is 3. The number of hydrogen-bond acceptors (Lipinski definition) is 2. The molecule has 10 rings (SSSR count). The first-order chi connectivity index (χ1) is 24.3. The minimum Gasteiger partial charge on any atom is -0.310 e. The fraction of sp³-hybridized carbons (Fsp3) is 0. The summed E-state index contributed by atoms with van der Waals surface area (Å²) in [6.07, 6.45) is 0. The van der Waals surface area contributed by atoms with E-state index >= 15 is 0 Å². The third-order valence-corrected chi connectivity index (χ3v) is 10.9. The number of benzene rings is 8. The molecule has 2 heterocycles. The Balaban J connectivity index is 1.13. The zero-order valence-corrected chi connectivity index (χ0v) is 27.4. The summed E-state index contributed by atoms with van der Waals surface area (Å²) in [4.78, 5) is 2.41. The fourth-order valence-corrected chi connectivity index (χ4v) is 8.58. The first kappa shape index (κ1) is 27.9. The van der Waals surface area contributed by atoms with Gasteiger partial charge >= 0.3 is 0 Å². The molecular weight excluding hydrogens is 613 g/mol. The minimum atomic E-state index is 1.12. The van der Waals surface area contributed by atoms with Crippen LogP contribution in [-0.2, 0) is 0 Å². The highest BCUT2D eigenvalue weighted by Crippen LogP contribution is 2.43. The van der Waals surface area contributed by atoms with Crippen LogP contribution in [0.5, 0.6) is 0 Å². The van der Waals surface area contributed by atoms with Crippen molar-refractivity contribution in [1.82, 2.24) is 4.57 Å². The van der Waals surface area contributed by atoms with Gasteiger partial charge < -0.3 is 9.47 Å². The Morgan fingerprint density at radius 3 is 1.92 bits per heavy atom. The van der Waals surface area contributed by atoms with Crippen LogP contribution in [0.25, 0.3) is 69.6 Å². The van der Waals surface area contributed by atoms with E-state index in [2.05, 4.69) is 191 Å². The molecule has 0 radical (unpaired) electrons. The summed E-state index contributed by atoms with van der Waals surface area (Å²) >= 11 is 1.86. The van der Waals surface area contributed by atoms with Crippen molar-refractivity contribution < 1.29 is 0 Å². The van der Waals surface area contributed by atoms with Gasteiger partial charge in [0.2, 0.25) is 0 Å². The van der Waals surface area contributed by atoms with Crippen LogP contribution in [0.4, 0.5) is 17.1 Å². The van der Waals surface area contributed by atoms with Crippen LogP contribution >= 0.6 is 11.3 Å². The predicted molar refractivity (Wildman–Crippen MR) is 211 cm³/mol. The second kappa shape index (κ2) is 11.2. The van der Waals surface area contributed by atoms with E-state index in [1.165, 1.54) is 75.3 Å². The molecule has 49 heavy (non-hydrogen) atoms. The van der Waals surface area contributed by atoms with E-state index in [9.17, 15) is 0 Å². The molecule has 0 bridgehead atoms. The Morgan fingerprint density at radius 1 is 0.388 bits per heavy atom. The highest BCUT2D eigenvalue weighted by molar-refractivity contribution is 7.25. The Labute approximate surface area is 288 Å². The molecule has 8 aromatic carbocycles. The third-order valence-electron chi connectivity index (χ3n) is 9.77. The van der Waals surface area contributed by atoms with Crippen molar-refractivity contribution in [3.63, 3.8) is 0 Å². The standard InChI is InChI=1S/C46H30N2S/c1-2-13-34(14-3-1)48-43-18-8-6-16-38(43)39-27-23-33(29-44(39)48)31-21-24-35(25-22-31)47(42-19-10-12-32-11-4-5-15-37(32)42)36-26-28-46-41(30-36)40-17-7-9-20-45(40)49-46/h1-30H. The van der Waals surface area contributed by atoms with Crippen LogP contribution in [0, 0.1) is 0 Å². The maximum absolute atomic E-state index is 2.41. The summed E-state index contributed by atoms with van der Waals surface area (Å²) in [5.41, 5.74) is 9.42. The molecule has 230 valence electrons. The monoisotopic (exact) mass is 642 g/mol. The Morgan fingerprint density at radius 2 is 1.04 bits per heavy atom. The van der Waals surface area contributed by atoms with Crippen LogP contribution in [0.1, 0.15) is 0 Å². The maximum Gasteiger partial charge on any atom is 0.0547 e. The largest absolute Gasteiger partial charge is 0.310 e. The SMILES string of the molecule is c1ccc(-n2c3ccccc3c3ccc(-c4ccc(N(c5ccc6sc7ccccc7c6c5)c5cccc6ccccc56)cc4)cc32)cc1. The van der Waals surface area contributed by atoms with Gasteiger partial charge in [0.25, 0.3) is 0 Å². The summed E-state index contributed by atoms with van der Waals surface area (Å²) in [6.45, 7) is 0. The average Bonchev–Trinajstić information content (AvgIpc) is 3.71. The first-order valence-corrected chi connectivity index (χ1v) is 17.5. The summed E-state index contributed by atoms with van der Waals surface area (Å²) in [5.74, 6) is 0. The maximum atomic E-state index is 2.41. The van der Waals surface area contributed by atoms with Gasteiger partial charge in [-0.1, -0.05) is 115 Å². The van der Waals surface area contributed by atoms with Gasteiger partial charge in [0.05, 0.1) is 16.7 Å². The van der Waals surface area contributed by atoms with Crippen molar-refractivity contribution >= 4 is 81.1 Å². The quantitative estimate of drug-likeness (QED) is 0.181. The molecule has 10 aromatic rings. The van der Waals surface area contributed by atoms with Gasteiger partial charge in [0.15, 0.2) is 0 Å². The number of nitrogens with zero attached hydrogens (tertiary/aromatic N) is 2. The Kier molecular flexibility index (Phi) is 6.39. The molecule has 0 saturated carbocycles. The van der Waals surface area contributed by atoms with Gasteiger partial charge in [-0.05, 0) is 83.2 Å². The molecule has 0 amide bonds. The van der Waals surface area contributed by atoms with Gasteiger partial charge in [-0.25, -0.2) is 0 Å². The van der Waals surface area contributed by atoms with E-state index in [0.717, 1.165) is 11.4 Å². The lowest BCUT2D eigenvalue weighted by molar-refractivity contribution is 1.18. The molecule has 0 aliphatic carbocycles. The molecule has 0 aliphatic rings. The van der Waals surface area contributed by atoms with Crippen LogP contribution in [0.2, 0.25) is 0 Å². The summed E-state index contributed by atoms with van der Waals surface area (Å²) in [6, 6.07) is 66.2. The van der Waals surface area contributed by atoms with E-state index in [0.29, 0.717) is 0 Å².